The highest BCUT2D eigenvalue weighted by Crippen LogP contribution is 2.34. The number of carbonyl (C=O) groups is 3. The number of thiophene rings is 1. The SMILES string of the molecule is CCOC(=O)c1sc(NC(=O)Cn2nc(C(F)F)cc2C)c(C(=O)OC)c1C. The minimum absolute atomic E-state index is 0.0364. The van der Waals surface area contributed by atoms with Crippen LogP contribution in [0, 0.1) is 13.8 Å². The van der Waals surface area contributed by atoms with E-state index in [1.165, 1.54) is 20.1 Å². The fourth-order valence-electron chi connectivity index (χ4n) is 2.45. The molecule has 11 heteroatoms. The Labute approximate surface area is 163 Å². The van der Waals surface area contributed by atoms with Crippen LogP contribution in [0.15, 0.2) is 6.07 Å². The smallest absolute Gasteiger partial charge is 0.348 e. The number of nitrogens with one attached hydrogen (secondary N) is 1. The maximum atomic E-state index is 12.7. The zero-order valence-electron chi connectivity index (χ0n) is 15.7. The van der Waals surface area contributed by atoms with E-state index in [2.05, 4.69) is 10.4 Å². The number of anilines is 1. The maximum Gasteiger partial charge on any atom is 0.348 e. The van der Waals surface area contributed by atoms with E-state index < -0.39 is 30.0 Å². The first-order valence-corrected chi connectivity index (χ1v) is 9.02. The number of aromatic nitrogens is 2. The molecule has 0 saturated heterocycles. The fourth-order valence-corrected chi connectivity index (χ4v) is 3.55. The van der Waals surface area contributed by atoms with Crippen molar-refractivity contribution in [3.63, 3.8) is 0 Å². The number of methoxy groups -OCH3 is 1. The van der Waals surface area contributed by atoms with Crippen LogP contribution in [0.4, 0.5) is 13.8 Å². The first kappa shape index (κ1) is 21.5. The van der Waals surface area contributed by atoms with Gasteiger partial charge in [-0.3, -0.25) is 9.48 Å². The fraction of sp³-hybridized carbons (Fsp3) is 0.412. The van der Waals surface area contributed by atoms with E-state index in [0.717, 1.165) is 16.0 Å². The molecule has 0 bridgehead atoms. The molecule has 0 aromatic carbocycles. The molecule has 0 saturated carbocycles. The summed E-state index contributed by atoms with van der Waals surface area (Å²) in [4.78, 5) is 36.7. The Morgan fingerprint density at radius 3 is 2.50 bits per heavy atom. The van der Waals surface area contributed by atoms with Gasteiger partial charge in [-0.2, -0.15) is 5.10 Å². The lowest BCUT2D eigenvalue weighted by molar-refractivity contribution is -0.116. The van der Waals surface area contributed by atoms with Crippen molar-refractivity contribution in [1.29, 1.82) is 0 Å². The zero-order valence-corrected chi connectivity index (χ0v) is 16.5. The summed E-state index contributed by atoms with van der Waals surface area (Å²) in [5.74, 6) is -1.95. The molecule has 2 heterocycles. The largest absolute Gasteiger partial charge is 0.465 e. The van der Waals surface area contributed by atoms with Gasteiger partial charge in [0, 0.05) is 5.69 Å². The van der Waals surface area contributed by atoms with Crippen molar-refractivity contribution >= 4 is 34.2 Å². The Bertz CT molecular complexity index is 907. The molecule has 1 N–H and O–H groups in total. The van der Waals surface area contributed by atoms with E-state index in [1.54, 1.807) is 13.8 Å². The maximum absolute atomic E-state index is 12.7. The van der Waals surface area contributed by atoms with Gasteiger partial charge in [0.25, 0.3) is 6.43 Å². The number of alkyl halides is 2. The molecule has 0 atom stereocenters. The highest BCUT2D eigenvalue weighted by Gasteiger charge is 2.27. The van der Waals surface area contributed by atoms with Crippen molar-refractivity contribution in [2.24, 2.45) is 0 Å². The highest BCUT2D eigenvalue weighted by molar-refractivity contribution is 7.18. The Morgan fingerprint density at radius 1 is 1.29 bits per heavy atom. The van der Waals surface area contributed by atoms with Crippen LogP contribution in [0.3, 0.4) is 0 Å². The molecule has 0 aliphatic rings. The number of hydrogen-bond acceptors (Lipinski definition) is 7. The summed E-state index contributed by atoms with van der Waals surface area (Å²) in [5.41, 5.74) is 0.306. The van der Waals surface area contributed by atoms with Gasteiger partial charge in [0.05, 0.1) is 19.3 Å². The quantitative estimate of drug-likeness (QED) is 0.698. The average Bonchev–Trinajstić information content (AvgIpc) is 3.15. The summed E-state index contributed by atoms with van der Waals surface area (Å²) in [6.45, 7) is 4.53. The molecule has 0 aliphatic carbocycles. The molecule has 1 amide bonds. The van der Waals surface area contributed by atoms with Gasteiger partial charge in [-0.1, -0.05) is 0 Å². The van der Waals surface area contributed by atoms with Crippen molar-refractivity contribution in [1.82, 2.24) is 9.78 Å². The van der Waals surface area contributed by atoms with Gasteiger partial charge in [0.1, 0.15) is 22.1 Å². The van der Waals surface area contributed by atoms with Crippen LogP contribution in [0.2, 0.25) is 0 Å². The topological polar surface area (TPSA) is 99.5 Å². The molecule has 0 unspecified atom stereocenters. The first-order chi connectivity index (χ1) is 13.2. The van der Waals surface area contributed by atoms with E-state index >= 15 is 0 Å². The summed E-state index contributed by atoms with van der Waals surface area (Å²) in [6, 6.07) is 1.19. The Balaban J connectivity index is 2.29. The predicted molar refractivity (Wildman–Crippen MR) is 96.9 cm³/mol. The van der Waals surface area contributed by atoms with Gasteiger partial charge in [0.2, 0.25) is 5.91 Å². The number of rotatable bonds is 7. The number of esters is 2. The molecule has 0 fully saturated rings. The standard InChI is InChI=1S/C17H19F2N3O5S/c1-5-27-17(25)13-9(3)12(16(24)26-4)15(28-13)20-11(23)7-22-8(2)6-10(21-22)14(18)19/h6,14H,5,7H2,1-4H3,(H,20,23). The van der Waals surface area contributed by atoms with Gasteiger partial charge in [-0.25, -0.2) is 18.4 Å². The van der Waals surface area contributed by atoms with Crippen LogP contribution in [0.5, 0.6) is 0 Å². The van der Waals surface area contributed by atoms with Crippen molar-refractivity contribution in [3.05, 3.63) is 33.5 Å². The van der Waals surface area contributed by atoms with Crippen LogP contribution >= 0.6 is 11.3 Å². The van der Waals surface area contributed by atoms with E-state index in [9.17, 15) is 23.2 Å². The van der Waals surface area contributed by atoms with Crippen LogP contribution in [0.25, 0.3) is 0 Å². The zero-order chi connectivity index (χ0) is 21.0. The molecule has 28 heavy (non-hydrogen) atoms. The van der Waals surface area contributed by atoms with Crippen molar-refractivity contribution in [2.75, 3.05) is 19.0 Å². The van der Waals surface area contributed by atoms with Crippen molar-refractivity contribution in [3.8, 4) is 0 Å². The molecule has 0 radical (unpaired) electrons. The molecular weight excluding hydrogens is 396 g/mol. The molecule has 2 aromatic rings. The van der Waals surface area contributed by atoms with Gasteiger partial charge in [-0.05, 0) is 32.4 Å². The van der Waals surface area contributed by atoms with Crippen LogP contribution in [-0.2, 0) is 20.8 Å². The molecule has 8 nitrogen and oxygen atoms in total. The minimum Gasteiger partial charge on any atom is -0.465 e. The Morgan fingerprint density at radius 2 is 1.96 bits per heavy atom. The number of carbonyl (C=O) groups excluding carboxylic acids is 3. The summed E-state index contributed by atoms with van der Waals surface area (Å²) >= 11 is 0.874. The summed E-state index contributed by atoms with van der Waals surface area (Å²) in [7, 11) is 1.17. The highest BCUT2D eigenvalue weighted by atomic mass is 32.1. The van der Waals surface area contributed by atoms with Crippen LogP contribution < -0.4 is 5.32 Å². The second kappa shape index (κ2) is 8.91. The Kier molecular flexibility index (Phi) is 6.84. The second-order valence-electron chi connectivity index (χ2n) is 5.69. The third-order valence-electron chi connectivity index (χ3n) is 3.77. The molecule has 0 aliphatic heterocycles. The molecule has 152 valence electrons. The number of ether oxygens (including phenoxy) is 2. The Hall–Kier alpha value is -2.82. The summed E-state index contributed by atoms with van der Waals surface area (Å²) in [6.07, 6.45) is -2.75. The van der Waals surface area contributed by atoms with Gasteiger partial charge < -0.3 is 14.8 Å². The minimum atomic E-state index is -2.75. The molecular formula is C17H19F2N3O5S. The lowest BCUT2D eigenvalue weighted by Crippen LogP contribution is -2.21. The van der Waals surface area contributed by atoms with Gasteiger partial charge in [0.15, 0.2) is 0 Å². The lowest BCUT2D eigenvalue weighted by Gasteiger charge is -2.07. The van der Waals surface area contributed by atoms with Gasteiger partial charge in [-0.15, -0.1) is 11.3 Å². The number of nitrogens with zero attached hydrogens (tertiary/aromatic N) is 2. The third kappa shape index (κ3) is 4.53. The first-order valence-electron chi connectivity index (χ1n) is 8.20. The monoisotopic (exact) mass is 415 g/mol. The predicted octanol–water partition coefficient (Wildman–Crippen LogP) is 3.10. The van der Waals surface area contributed by atoms with Crippen LogP contribution in [-0.4, -0.2) is 41.3 Å². The molecule has 2 aromatic heterocycles. The average molecular weight is 415 g/mol. The molecule has 2 rings (SSSR count). The lowest BCUT2D eigenvalue weighted by atomic mass is 10.1. The second-order valence-corrected chi connectivity index (χ2v) is 6.71. The molecule has 0 spiro atoms. The van der Waals surface area contributed by atoms with E-state index in [4.69, 9.17) is 9.47 Å². The van der Waals surface area contributed by atoms with E-state index in [1.807, 2.05) is 0 Å². The number of halogens is 2. The summed E-state index contributed by atoms with van der Waals surface area (Å²) in [5, 5.41) is 6.31. The van der Waals surface area contributed by atoms with E-state index in [0.29, 0.717) is 11.3 Å². The van der Waals surface area contributed by atoms with E-state index in [-0.39, 0.29) is 28.6 Å². The number of hydrogen-bond donors (Lipinski definition) is 1. The van der Waals surface area contributed by atoms with Crippen LogP contribution in [0.1, 0.15) is 50.3 Å². The van der Waals surface area contributed by atoms with Crippen molar-refractivity contribution in [2.45, 2.75) is 33.7 Å². The van der Waals surface area contributed by atoms with Crippen molar-refractivity contribution < 1.29 is 32.6 Å². The van der Waals surface area contributed by atoms with Gasteiger partial charge >= 0.3 is 11.9 Å². The third-order valence-corrected chi connectivity index (χ3v) is 4.95. The number of aryl methyl sites for hydroxylation is 1. The number of amides is 1. The summed E-state index contributed by atoms with van der Waals surface area (Å²) < 4.78 is 36.3. The normalized spacial score (nSPS) is 10.8.